The Balaban J connectivity index is 1.67. The van der Waals surface area contributed by atoms with Crippen LogP contribution in [0.2, 0.25) is 0 Å². The second-order valence-electron chi connectivity index (χ2n) is 9.52. The molecule has 0 amide bonds. The van der Waals surface area contributed by atoms with Crippen molar-refractivity contribution in [3.05, 3.63) is 11.6 Å². The Labute approximate surface area is 163 Å². The number of rotatable bonds is 2. The number of fused-ring (bicyclic) bond motifs is 5. The van der Waals surface area contributed by atoms with Gasteiger partial charge in [0.25, 0.3) is 0 Å². The molecule has 4 aliphatic rings. The van der Waals surface area contributed by atoms with E-state index in [2.05, 4.69) is 25.7 Å². The number of hydrogen-bond acceptors (Lipinski definition) is 3. The molecule has 0 spiro atoms. The molecule has 4 aliphatic carbocycles. The van der Waals surface area contributed by atoms with E-state index in [-0.39, 0.29) is 22.7 Å². The summed E-state index contributed by atoms with van der Waals surface area (Å²) < 4.78 is 6.25. The molecule has 0 radical (unpaired) electrons. The molecule has 0 heterocycles. The van der Waals surface area contributed by atoms with Crippen LogP contribution in [-0.2, 0) is 14.3 Å². The number of carbonyl (C=O) groups is 2. The molecule has 0 unspecified atom stereocenters. The van der Waals surface area contributed by atoms with Gasteiger partial charge >= 0.3 is 0 Å². The summed E-state index contributed by atoms with van der Waals surface area (Å²) in [7, 11) is 0. The molecule has 3 heteroatoms. The molecule has 0 bridgehead atoms. The van der Waals surface area contributed by atoms with Gasteiger partial charge in [-0.15, -0.1) is 5.92 Å². The molecule has 0 aromatic rings. The molecular formula is C24H32O3. The van der Waals surface area contributed by atoms with Crippen molar-refractivity contribution < 1.29 is 14.3 Å². The fourth-order valence-electron chi connectivity index (χ4n) is 6.83. The van der Waals surface area contributed by atoms with Crippen LogP contribution in [0.1, 0.15) is 72.1 Å². The van der Waals surface area contributed by atoms with Crippen molar-refractivity contribution in [2.75, 3.05) is 6.61 Å². The van der Waals surface area contributed by atoms with Crippen molar-refractivity contribution >= 4 is 11.6 Å². The minimum atomic E-state index is -0.129. The minimum absolute atomic E-state index is 0.0234. The molecule has 0 aromatic carbocycles. The highest BCUT2D eigenvalue weighted by Gasteiger charge is 2.60. The Bertz CT molecular complexity index is 738. The van der Waals surface area contributed by atoms with Gasteiger partial charge in [-0.25, -0.2) is 0 Å². The Morgan fingerprint density at radius 1 is 1.07 bits per heavy atom. The first-order valence-electron chi connectivity index (χ1n) is 10.8. The Kier molecular flexibility index (Phi) is 4.83. The highest BCUT2D eigenvalue weighted by molar-refractivity contribution is 5.92. The van der Waals surface area contributed by atoms with E-state index in [1.165, 1.54) is 5.57 Å². The monoisotopic (exact) mass is 368 g/mol. The molecule has 0 saturated heterocycles. The molecule has 4 rings (SSSR count). The zero-order valence-corrected chi connectivity index (χ0v) is 17.0. The third kappa shape index (κ3) is 2.92. The summed E-state index contributed by atoms with van der Waals surface area (Å²) in [5, 5.41) is 0. The summed E-state index contributed by atoms with van der Waals surface area (Å²) >= 11 is 0. The second kappa shape index (κ2) is 6.89. The van der Waals surface area contributed by atoms with Gasteiger partial charge in [0.05, 0.1) is 6.10 Å². The molecular weight excluding hydrogens is 336 g/mol. The Morgan fingerprint density at radius 2 is 1.85 bits per heavy atom. The van der Waals surface area contributed by atoms with E-state index in [1.54, 1.807) is 0 Å². The Hall–Kier alpha value is -1.40. The summed E-state index contributed by atoms with van der Waals surface area (Å²) in [6.07, 6.45) is 9.12. The fraction of sp³-hybridized carbons (Fsp3) is 0.750. The third-order valence-corrected chi connectivity index (χ3v) is 8.32. The van der Waals surface area contributed by atoms with Crippen LogP contribution in [0.25, 0.3) is 0 Å². The fourth-order valence-corrected chi connectivity index (χ4v) is 6.83. The molecule has 3 fully saturated rings. The highest BCUT2D eigenvalue weighted by Crippen LogP contribution is 2.64. The van der Waals surface area contributed by atoms with Gasteiger partial charge < -0.3 is 4.74 Å². The molecule has 27 heavy (non-hydrogen) atoms. The van der Waals surface area contributed by atoms with E-state index in [9.17, 15) is 9.59 Å². The average Bonchev–Trinajstić information content (AvgIpc) is 2.95. The van der Waals surface area contributed by atoms with E-state index in [0.717, 1.165) is 44.9 Å². The van der Waals surface area contributed by atoms with E-state index in [4.69, 9.17) is 4.74 Å². The first kappa shape index (κ1) is 18.9. The number of ether oxygens (including phenoxy) is 1. The van der Waals surface area contributed by atoms with Crippen molar-refractivity contribution in [1.82, 2.24) is 0 Å². The number of carbonyl (C=O) groups excluding carboxylic acids is 2. The number of Topliss-reactive ketones (excluding diaryl/α,β-unsaturated/α-hetero) is 1. The summed E-state index contributed by atoms with van der Waals surface area (Å²) in [4.78, 5) is 24.8. The van der Waals surface area contributed by atoms with Crippen LogP contribution in [-0.4, -0.2) is 24.3 Å². The SMILES string of the molecule is CCC#CCO[C@@H]1C[C@@H]2[C@H](CC[C@]3(C)C(=O)CC[C@@H]23)[C@@]2(C)CCC(=O)C=C12. The van der Waals surface area contributed by atoms with Crippen molar-refractivity contribution in [2.24, 2.45) is 28.6 Å². The maximum absolute atomic E-state index is 12.6. The molecule has 0 aliphatic heterocycles. The first-order chi connectivity index (χ1) is 12.9. The predicted octanol–water partition coefficient (Wildman–Crippen LogP) is 4.50. The maximum Gasteiger partial charge on any atom is 0.155 e. The van der Waals surface area contributed by atoms with Crippen LogP contribution in [0.4, 0.5) is 0 Å². The smallest absolute Gasteiger partial charge is 0.155 e. The van der Waals surface area contributed by atoms with Gasteiger partial charge in [-0.1, -0.05) is 26.7 Å². The van der Waals surface area contributed by atoms with Gasteiger partial charge in [0, 0.05) is 24.7 Å². The lowest BCUT2D eigenvalue weighted by Gasteiger charge is -2.58. The molecule has 0 aromatic heterocycles. The van der Waals surface area contributed by atoms with Crippen molar-refractivity contribution in [1.29, 1.82) is 0 Å². The predicted molar refractivity (Wildman–Crippen MR) is 105 cm³/mol. The molecule has 3 nitrogen and oxygen atoms in total. The maximum atomic E-state index is 12.6. The van der Waals surface area contributed by atoms with Crippen LogP contribution >= 0.6 is 0 Å². The van der Waals surface area contributed by atoms with Crippen molar-refractivity contribution in [3.8, 4) is 11.8 Å². The number of hydrogen-bond donors (Lipinski definition) is 0. The van der Waals surface area contributed by atoms with Gasteiger partial charge in [-0.05, 0) is 66.9 Å². The molecule has 0 N–H and O–H groups in total. The van der Waals surface area contributed by atoms with E-state index >= 15 is 0 Å². The molecule has 146 valence electrons. The zero-order chi connectivity index (χ0) is 19.2. The van der Waals surface area contributed by atoms with Crippen LogP contribution in [0.5, 0.6) is 0 Å². The van der Waals surface area contributed by atoms with Crippen LogP contribution in [0.15, 0.2) is 11.6 Å². The van der Waals surface area contributed by atoms with Crippen LogP contribution < -0.4 is 0 Å². The van der Waals surface area contributed by atoms with Gasteiger partial charge in [0.15, 0.2) is 5.78 Å². The quantitative estimate of drug-likeness (QED) is 0.674. The Morgan fingerprint density at radius 3 is 2.63 bits per heavy atom. The largest absolute Gasteiger partial charge is 0.361 e. The third-order valence-electron chi connectivity index (χ3n) is 8.32. The lowest BCUT2D eigenvalue weighted by atomic mass is 9.47. The van der Waals surface area contributed by atoms with Crippen molar-refractivity contribution in [2.45, 2.75) is 78.2 Å². The average molecular weight is 369 g/mol. The van der Waals surface area contributed by atoms with E-state index < -0.39 is 0 Å². The summed E-state index contributed by atoms with van der Waals surface area (Å²) in [6, 6.07) is 0. The highest BCUT2D eigenvalue weighted by atomic mass is 16.5. The van der Waals surface area contributed by atoms with Gasteiger partial charge in [-0.3, -0.25) is 9.59 Å². The van der Waals surface area contributed by atoms with Crippen LogP contribution in [0.3, 0.4) is 0 Å². The van der Waals surface area contributed by atoms with Gasteiger partial charge in [0.2, 0.25) is 0 Å². The summed E-state index contributed by atoms with van der Waals surface area (Å²) in [6.45, 7) is 7.04. The van der Waals surface area contributed by atoms with Gasteiger partial charge in [0.1, 0.15) is 12.4 Å². The summed E-state index contributed by atoms with van der Waals surface area (Å²) in [5.74, 6) is 8.46. The lowest BCUT2D eigenvalue weighted by Crippen LogP contribution is -2.54. The number of ketones is 2. The standard InChI is InChI=1S/C24H32O3/c1-4-5-6-13-27-21-15-17-18-7-8-22(26)24(18,3)12-10-19(17)23(2)11-9-16(25)14-20(21)23/h14,17-19,21H,4,7-13,15H2,1-3H3/t17-,18-,19-,21+,23+,24-/m0/s1. The first-order valence-corrected chi connectivity index (χ1v) is 10.8. The zero-order valence-electron chi connectivity index (χ0n) is 17.0. The van der Waals surface area contributed by atoms with E-state index in [1.807, 2.05) is 13.0 Å². The van der Waals surface area contributed by atoms with Crippen LogP contribution in [0, 0.1) is 40.4 Å². The van der Waals surface area contributed by atoms with E-state index in [0.29, 0.717) is 36.6 Å². The lowest BCUT2D eigenvalue weighted by molar-refractivity contribution is -0.135. The topological polar surface area (TPSA) is 43.4 Å². The second-order valence-corrected chi connectivity index (χ2v) is 9.52. The summed E-state index contributed by atoms with van der Waals surface area (Å²) in [5.41, 5.74) is 1.12. The molecule has 3 saturated carbocycles. The van der Waals surface area contributed by atoms with Gasteiger partial charge in [-0.2, -0.15) is 0 Å². The normalized spacial score (nSPS) is 43.1. The minimum Gasteiger partial charge on any atom is -0.361 e. The van der Waals surface area contributed by atoms with Crippen molar-refractivity contribution in [3.63, 3.8) is 0 Å². The molecule has 6 atom stereocenters.